The van der Waals surface area contributed by atoms with Crippen LogP contribution in [0, 0.1) is 5.41 Å². The van der Waals surface area contributed by atoms with Crippen molar-refractivity contribution in [2.75, 3.05) is 0 Å². The zero-order valence-electron chi connectivity index (χ0n) is 7.46. The molecule has 0 amide bonds. The molecule has 0 spiro atoms. The Balaban J connectivity index is 4.00. The number of allylic oxidation sites excluding steroid dienone is 1. The van der Waals surface area contributed by atoms with Crippen molar-refractivity contribution < 1.29 is 14.7 Å². The predicted octanol–water partition coefficient (Wildman–Crippen LogP) is 1.63. The van der Waals surface area contributed by atoms with Gasteiger partial charge in [-0.05, 0) is 5.41 Å². The summed E-state index contributed by atoms with van der Waals surface area (Å²) in [6, 6.07) is 0. The molecule has 0 bridgehead atoms. The van der Waals surface area contributed by atoms with Gasteiger partial charge in [-0.25, -0.2) is 0 Å². The first-order valence-electron chi connectivity index (χ1n) is 3.74. The molecule has 0 aromatic heterocycles. The van der Waals surface area contributed by atoms with Gasteiger partial charge in [-0.1, -0.05) is 19.9 Å². The zero-order valence-corrected chi connectivity index (χ0v) is 7.46. The lowest BCUT2D eigenvalue weighted by molar-refractivity contribution is -0.140. The van der Waals surface area contributed by atoms with Crippen LogP contribution in [0.2, 0.25) is 0 Å². The minimum atomic E-state index is -1.07. The van der Waals surface area contributed by atoms with Crippen LogP contribution in [0.15, 0.2) is 12.7 Å². The molecular weight excluding hydrogens is 156 g/mol. The standard InChI is InChI=1S/C9H14O3/c1-4-9(2,3)6-7(10)5-8(11)12/h4H,1,5-6H2,2-3H3,(H,11,12). The first-order valence-corrected chi connectivity index (χ1v) is 3.74. The second kappa shape index (κ2) is 4.04. The number of aliphatic carboxylic acids is 1. The second-order valence-corrected chi connectivity index (χ2v) is 3.48. The van der Waals surface area contributed by atoms with Crippen molar-refractivity contribution in [3.8, 4) is 0 Å². The third-order valence-electron chi connectivity index (χ3n) is 1.55. The quantitative estimate of drug-likeness (QED) is 0.504. The van der Waals surface area contributed by atoms with E-state index in [4.69, 9.17) is 5.11 Å². The lowest BCUT2D eigenvalue weighted by Gasteiger charge is -2.17. The van der Waals surface area contributed by atoms with Gasteiger partial charge in [0.2, 0.25) is 0 Å². The summed E-state index contributed by atoms with van der Waals surface area (Å²) in [5.74, 6) is -1.33. The number of carbonyl (C=O) groups is 2. The fourth-order valence-electron chi connectivity index (χ4n) is 0.812. The number of rotatable bonds is 5. The summed E-state index contributed by atoms with van der Waals surface area (Å²) < 4.78 is 0. The molecule has 0 atom stereocenters. The highest BCUT2D eigenvalue weighted by molar-refractivity contribution is 5.95. The lowest BCUT2D eigenvalue weighted by atomic mass is 9.87. The molecule has 0 fully saturated rings. The minimum Gasteiger partial charge on any atom is -0.481 e. The molecular formula is C9H14O3. The zero-order chi connectivity index (χ0) is 9.78. The van der Waals surface area contributed by atoms with Crippen LogP contribution in [-0.4, -0.2) is 16.9 Å². The van der Waals surface area contributed by atoms with E-state index < -0.39 is 12.4 Å². The van der Waals surface area contributed by atoms with Crippen LogP contribution in [0.25, 0.3) is 0 Å². The summed E-state index contributed by atoms with van der Waals surface area (Å²) in [5, 5.41) is 8.31. The number of carboxylic acids is 1. The van der Waals surface area contributed by atoms with E-state index >= 15 is 0 Å². The van der Waals surface area contributed by atoms with E-state index in [1.165, 1.54) is 0 Å². The highest BCUT2D eigenvalue weighted by Gasteiger charge is 2.19. The lowest BCUT2D eigenvalue weighted by Crippen LogP contribution is -2.16. The van der Waals surface area contributed by atoms with Crippen molar-refractivity contribution in [1.82, 2.24) is 0 Å². The van der Waals surface area contributed by atoms with Crippen molar-refractivity contribution >= 4 is 11.8 Å². The number of carboxylic acid groups (broad SMARTS) is 1. The Labute approximate surface area is 72.1 Å². The Morgan fingerprint density at radius 1 is 1.50 bits per heavy atom. The van der Waals surface area contributed by atoms with E-state index in [1.807, 2.05) is 13.8 Å². The van der Waals surface area contributed by atoms with Gasteiger partial charge >= 0.3 is 5.97 Å². The molecule has 0 unspecified atom stereocenters. The van der Waals surface area contributed by atoms with Gasteiger partial charge in [-0.2, -0.15) is 0 Å². The van der Waals surface area contributed by atoms with Crippen molar-refractivity contribution in [3.63, 3.8) is 0 Å². The molecule has 3 nitrogen and oxygen atoms in total. The molecule has 0 aliphatic rings. The number of Topliss-reactive ketones (excluding diaryl/α,β-unsaturated/α-hetero) is 1. The van der Waals surface area contributed by atoms with E-state index in [0.717, 1.165) is 0 Å². The number of hydrogen-bond donors (Lipinski definition) is 1. The first-order chi connectivity index (χ1) is 5.37. The summed E-state index contributed by atoms with van der Waals surface area (Å²) in [6.07, 6.45) is 1.51. The number of hydrogen-bond acceptors (Lipinski definition) is 2. The van der Waals surface area contributed by atoms with E-state index in [9.17, 15) is 9.59 Å². The maximum absolute atomic E-state index is 11.0. The Morgan fingerprint density at radius 2 is 2.00 bits per heavy atom. The Hall–Kier alpha value is -1.12. The molecule has 0 heterocycles. The molecule has 3 heteroatoms. The fourth-order valence-corrected chi connectivity index (χ4v) is 0.812. The predicted molar refractivity (Wildman–Crippen MR) is 45.9 cm³/mol. The maximum atomic E-state index is 11.0. The van der Waals surface area contributed by atoms with Crippen LogP contribution in [0.4, 0.5) is 0 Å². The van der Waals surface area contributed by atoms with Crippen molar-refractivity contribution in [3.05, 3.63) is 12.7 Å². The van der Waals surface area contributed by atoms with Crippen molar-refractivity contribution in [2.24, 2.45) is 5.41 Å². The van der Waals surface area contributed by atoms with Gasteiger partial charge in [0.15, 0.2) is 0 Å². The third-order valence-corrected chi connectivity index (χ3v) is 1.55. The van der Waals surface area contributed by atoms with Gasteiger partial charge in [0.1, 0.15) is 12.2 Å². The fraction of sp³-hybridized carbons (Fsp3) is 0.556. The topological polar surface area (TPSA) is 54.4 Å². The van der Waals surface area contributed by atoms with Gasteiger partial charge in [0, 0.05) is 6.42 Å². The van der Waals surface area contributed by atoms with E-state index in [-0.39, 0.29) is 17.6 Å². The Bertz CT molecular complexity index is 204. The van der Waals surface area contributed by atoms with Crippen LogP contribution in [0.1, 0.15) is 26.7 Å². The highest BCUT2D eigenvalue weighted by atomic mass is 16.4. The van der Waals surface area contributed by atoms with E-state index in [2.05, 4.69) is 6.58 Å². The van der Waals surface area contributed by atoms with Crippen LogP contribution < -0.4 is 0 Å². The van der Waals surface area contributed by atoms with E-state index in [1.54, 1.807) is 6.08 Å². The van der Waals surface area contributed by atoms with Crippen LogP contribution in [0.5, 0.6) is 0 Å². The summed E-state index contributed by atoms with van der Waals surface area (Å²) in [7, 11) is 0. The van der Waals surface area contributed by atoms with Gasteiger partial charge in [0.25, 0.3) is 0 Å². The summed E-state index contributed by atoms with van der Waals surface area (Å²) in [4.78, 5) is 21.1. The molecule has 0 aliphatic heterocycles. The van der Waals surface area contributed by atoms with Crippen LogP contribution in [0.3, 0.4) is 0 Å². The largest absolute Gasteiger partial charge is 0.481 e. The number of ketones is 1. The SMILES string of the molecule is C=CC(C)(C)CC(=O)CC(=O)O. The van der Waals surface area contributed by atoms with Gasteiger partial charge in [-0.15, -0.1) is 6.58 Å². The average molecular weight is 170 g/mol. The maximum Gasteiger partial charge on any atom is 0.310 e. The van der Waals surface area contributed by atoms with Crippen molar-refractivity contribution in [1.29, 1.82) is 0 Å². The van der Waals surface area contributed by atoms with Crippen molar-refractivity contribution in [2.45, 2.75) is 26.7 Å². The molecule has 0 saturated heterocycles. The normalized spacial score (nSPS) is 10.8. The molecule has 0 aromatic rings. The smallest absolute Gasteiger partial charge is 0.310 e. The summed E-state index contributed by atoms with van der Waals surface area (Å²) in [5.41, 5.74) is -0.299. The minimum absolute atomic E-state index is 0.239. The average Bonchev–Trinajstić information content (AvgIpc) is 1.84. The van der Waals surface area contributed by atoms with Gasteiger partial charge < -0.3 is 5.11 Å². The number of carbonyl (C=O) groups excluding carboxylic acids is 1. The Morgan fingerprint density at radius 3 is 2.33 bits per heavy atom. The monoisotopic (exact) mass is 170 g/mol. The Kier molecular flexibility index (Phi) is 3.67. The third kappa shape index (κ3) is 4.66. The summed E-state index contributed by atoms with van der Waals surface area (Å²) in [6.45, 7) is 7.26. The van der Waals surface area contributed by atoms with Crippen LogP contribution in [-0.2, 0) is 9.59 Å². The second-order valence-electron chi connectivity index (χ2n) is 3.48. The molecule has 0 aliphatic carbocycles. The molecule has 1 N–H and O–H groups in total. The molecule has 0 saturated carbocycles. The van der Waals surface area contributed by atoms with Gasteiger partial charge in [-0.3, -0.25) is 9.59 Å². The molecule has 0 rings (SSSR count). The summed E-state index contributed by atoms with van der Waals surface area (Å²) >= 11 is 0. The highest BCUT2D eigenvalue weighted by Crippen LogP contribution is 2.21. The van der Waals surface area contributed by atoms with E-state index in [0.29, 0.717) is 0 Å². The van der Waals surface area contributed by atoms with Gasteiger partial charge in [0.05, 0.1) is 0 Å². The first kappa shape index (κ1) is 10.9. The molecule has 0 radical (unpaired) electrons. The molecule has 68 valence electrons. The molecule has 0 aromatic carbocycles. The molecule has 12 heavy (non-hydrogen) atoms. The van der Waals surface area contributed by atoms with Crippen LogP contribution >= 0.6 is 0 Å².